The molecule has 0 bridgehead atoms. The van der Waals surface area contributed by atoms with E-state index in [9.17, 15) is 0 Å². The van der Waals surface area contributed by atoms with E-state index in [1.807, 2.05) is 30.3 Å². The maximum atomic E-state index is 5.84. The zero-order valence-electron chi connectivity index (χ0n) is 12.1. The van der Waals surface area contributed by atoms with Gasteiger partial charge in [0, 0.05) is 5.30 Å². The molecule has 0 N–H and O–H groups in total. The summed E-state index contributed by atoms with van der Waals surface area (Å²) in [7, 11) is 0. The summed E-state index contributed by atoms with van der Waals surface area (Å²) in [6.45, 7) is 10.2. The molecule has 0 heterocycles. The molecule has 18 heavy (non-hydrogen) atoms. The summed E-state index contributed by atoms with van der Waals surface area (Å²) in [4.78, 5) is 0. The maximum absolute atomic E-state index is 5.84. The highest BCUT2D eigenvalue weighted by molar-refractivity contribution is 8.47. The lowest BCUT2D eigenvalue weighted by Gasteiger charge is -2.64. The lowest BCUT2D eigenvalue weighted by atomic mass is 10.1. The van der Waals surface area contributed by atoms with Crippen molar-refractivity contribution in [2.75, 3.05) is 0 Å². The largest absolute Gasteiger partial charge is 0.581 e. The molecule has 0 saturated carbocycles. The van der Waals surface area contributed by atoms with Gasteiger partial charge in [-0.25, -0.2) is 0 Å². The van der Waals surface area contributed by atoms with E-state index in [0.29, 0.717) is 0 Å². The van der Waals surface area contributed by atoms with Gasteiger partial charge in [0.05, 0.1) is 0 Å². The van der Waals surface area contributed by atoms with E-state index in [1.54, 1.807) is 0 Å². The van der Waals surface area contributed by atoms with Crippen LogP contribution in [0.2, 0.25) is 0 Å². The summed E-state index contributed by atoms with van der Waals surface area (Å²) in [6, 6.07) is 10.1. The van der Waals surface area contributed by atoms with Crippen LogP contribution in [-0.2, 0) is 12.2 Å². The summed E-state index contributed by atoms with van der Waals surface area (Å²) in [6.07, 6.45) is 0. The summed E-state index contributed by atoms with van der Waals surface area (Å²) in [5.74, 6) is 0. The first-order chi connectivity index (χ1) is 8.02. The molecule has 4 heteroatoms. The van der Waals surface area contributed by atoms with Crippen molar-refractivity contribution in [3.8, 4) is 0 Å². The molecule has 0 saturated heterocycles. The first kappa shape index (κ1) is 16.0. The molecule has 2 nitrogen and oxygen atoms in total. The van der Waals surface area contributed by atoms with Crippen LogP contribution in [0.25, 0.3) is 10.2 Å². The molecule has 0 aromatic heterocycles. The zero-order valence-corrected chi connectivity index (χ0v) is 13.8. The van der Waals surface area contributed by atoms with Gasteiger partial charge in [0.1, 0.15) is 0 Å². The number of nitrogens with zero attached hydrogens (tertiary/aromatic N) is 2. The van der Waals surface area contributed by atoms with Crippen molar-refractivity contribution in [1.29, 1.82) is 0 Å². The summed E-state index contributed by atoms with van der Waals surface area (Å²) >= 11 is 5.84. The van der Waals surface area contributed by atoms with Gasteiger partial charge in [-0.3, -0.25) is 6.77 Å². The van der Waals surface area contributed by atoms with Crippen LogP contribution in [0.4, 0.5) is 0 Å². The van der Waals surface area contributed by atoms with Gasteiger partial charge in [-0.1, -0.05) is 59.7 Å². The molecule has 1 aromatic rings. The SMILES string of the molecule is CC(C)(C)[N-][P+]([S-])([N-]C(C)(C)C)c1ccccc1. The number of rotatable bonds is 3. The van der Waals surface area contributed by atoms with Gasteiger partial charge in [-0.2, -0.15) is 0 Å². The Morgan fingerprint density at radius 2 is 1.22 bits per heavy atom. The van der Waals surface area contributed by atoms with E-state index in [2.05, 4.69) is 41.5 Å². The highest BCUT2D eigenvalue weighted by Gasteiger charge is 2.16. The normalized spacial score (nSPS) is 13.7. The number of benzene rings is 1. The lowest BCUT2D eigenvalue weighted by Crippen LogP contribution is -2.23. The third-order valence-electron chi connectivity index (χ3n) is 1.96. The van der Waals surface area contributed by atoms with E-state index < -0.39 is 6.77 Å². The van der Waals surface area contributed by atoms with Crippen LogP contribution in [-0.4, -0.2) is 11.1 Å². The number of hydrogen-bond acceptors (Lipinski definition) is 1. The summed E-state index contributed by atoms with van der Waals surface area (Å²) in [5.41, 5.74) is -0.333. The first-order valence-corrected chi connectivity index (χ1v) is 8.87. The Hall–Kier alpha value is -0.0800. The van der Waals surface area contributed by atoms with Crippen LogP contribution in [0.15, 0.2) is 30.3 Å². The van der Waals surface area contributed by atoms with Crippen molar-refractivity contribution in [2.24, 2.45) is 0 Å². The van der Waals surface area contributed by atoms with Crippen molar-refractivity contribution in [1.82, 2.24) is 0 Å². The molecule has 0 aliphatic heterocycles. The summed E-state index contributed by atoms with van der Waals surface area (Å²) < 4.78 is 0. The molecule has 0 aliphatic carbocycles. The predicted octanol–water partition coefficient (Wildman–Crippen LogP) is 4.97. The van der Waals surface area contributed by atoms with Crippen LogP contribution in [0.3, 0.4) is 0 Å². The second-order valence-electron chi connectivity index (χ2n) is 6.42. The van der Waals surface area contributed by atoms with Crippen LogP contribution in [0.1, 0.15) is 41.5 Å². The third kappa shape index (κ3) is 5.27. The highest BCUT2D eigenvalue weighted by atomic mass is 32.7. The second-order valence-corrected chi connectivity index (χ2v) is 9.95. The second kappa shape index (κ2) is 5.50. The van der Waals surface area contributed by atoms with Crippen molar-refractivity contribution in [3.05, 3.63) is 40.5 Å². The molecule has 1 aromatic carbocycles. The van der Waals surface area contributed by atoms with E-state index in [4.69, 9.17) is 22.4 Å². The molecule has 0 fully saturated rings. The smallest absolute Gasteiger partial charge is 0.0439 e. The van der Waals surface area contributed by atoms with E-state index in [0.717, 1.165) is 5.30 Å². The van der Waals surface area contributed by atoms with E-state index in [-0.39, 0.29) is 11.1 Å². The molecule has 0 spiro atoms. The number of hydrogen-bond donors (Lipinski definition) is 0. The summed E-state index contributed by atoms with van der Waals surface area (Å²) in [5, 5.41) is 10.8. The van der Waals surface area contributed by atoms with Gasteiger partial charge in [-0.15, -0.1) is 11.1 Å². The molecule has 102 valence electrons. The minimum Gasteiger partial charge on any atom is -0.581 e. The lowest BCUT2D eigenvalue weighted by molar-refractivity contribution is 0.671. The third-order valence-corrected chi connectivity index (χ3v) is 5.80. The Morgan fingerprint density at radius 1 is 0.833 bits per heavy atom. The fraction of sp³-hybridized carbons (Fsp3) is 0.571. The fourth-order valence-corrected chi connectivity index (χ4v) is 5.87. The molecule has 0 atom stereocenters. The minimum atomic E-state index is -2.23. The molecular weight excluding hydrogens is 259 g/mol. The molecule has 0 aliphatic rings. The van der Waals surface area contributed by atoms with E-state index >= 15 is 0 Å². The van der Waals surface area contributed by atoms with Crippen LogP contribution < -0.4 is 5.30 Å². The average molecular weight is 282 g/mol. The predicted molar refractivity (Wildman–Crippen MR) is 86.6 cm³/mol. The molecule has 1 rings (SSSR count). The van der Waals surface area contributed by atoms with Crippen molar-refractivity contribution in [3.63, 3.8) is 0 Å². The molecule has 0 unspecified atom stereocenters. The van der Waals surface area contributed by atoms with Crippen LogP contribution in [0, 0.1) is 0 Å². The standard InChI is InChI=1S/C14H23N2PS/c1-13(2,3)15-17(18,16-14(4,5)6)12-10-8-7-9-11-12/h7-11H,1-6H3/q-2. The monoisotopic (exact) mass is 282 g/mol. The Morgan fingerprint density at radius 3 is 1.56 bits per heavy atom. The van der Waals surface area contributed by atoms with Gasteiger partial charge in [-0.05, 0) is 12.1 Å². The average Bonchev–Trinajstić information content (AvgIpc) is 2.13. The maximum Gasteiger partial charge on any atom is 0.0439 e. The Balaban J connectivity index is 3.09. The van der Waals surface area contributed by atoms with Crippen molar-refractivity contribution in [2.45, 2.75) is 52.6 Å². The van der Waals surface area contributed by atoms with Gasteiger partial charge in [0.15, 0.2) is 0 Å². The van der Waals surface area contributed by atoms with E-state index in [1.165, 1.54) is 0 Å². The van der Waals surface area contributed by atoms with Gasteiger partial charge >= 0.3 is 0 Å². The van der Waals surface area contributed by atoms with Gasteiger partial charge in [0.2, 0.25) is 0 Å². The van der Waals surface area contributed by atoms with Crippen molar-refractivity contribution >= 4 is 24.3 Å². The van der Waals surface area contributed by atoms with Crippen LogP contribution in [0.5, 0.6) is 0 Å². The Labute approximate surface area is 118 Å². The Kier molecular flexibility index (Phi) is 4.88. The molecule has 0 radical (unpaired) electrons. The van der Waals surface area contributed by atoms with Crippen molar-refractivity contribution < 1.29 is 0 Å². The van der Waals surface area contributed by atoms with Gasteiger partial charge in [0.25, 0.3) is 0 Å². The topological polar surface area (TPSA) is 28.2 Å². The fourth-order valence-electron chi connectivity index (χ4n) is 1.57. The quantitative estimate of drug-likeness (QED) is 0.568. The van der Waals surface area contributed by atoms with Gasteiger partial charge < -0.3 is 22.4 Å². The first-order valence-electron chi connectivity index (χ1n) is 6.16. The highest BCUT2D eigenvalue weighted by Crippen LogP contribution is 2.71. The zero-order chi connectivity index (χ0) is 14.0. The minimum absolute atomic E-state index is 0.167. The molecular formula is C14H23N2PS-2. The van der Waals surface area contributed by atoms with Crippen LogP contribution >= 0.6 is 6.77 Å². The molecule has 0 amide bonds. The Bertz CT molecular complexity index is 363.